The summed E-state index contributed by atoms with van der Waals surface area (Å²) in [6.07, 6.45) is 1.41. The van der Waals surface area contributed by atoms with E-state index in [4.69, 9.17) is 4.74 Å². The van der Waals surface area contributed by atoms with E-state index >= 15 is 0 Å². The number of hydrogen-bond donors (Lipinski definition) is 0. The van der Waals surface area contributed by atoms with Crippen LogP contribution < -0.4 is 0 Å². The van der Waals surface area contributed by atoms with Crippen molar-refractivity contribution in [3.05, 3.63) is 52.8 Å². The Morgan fingerprint density at radius 3 is 2.43 bits per heavy atom. The van der Waals surface area contributed by atoms with Gasteiger partial charge in [0, 0.05) is 38.0 Å². The average molecular weight is 519 g/mol. The summed E-state index contributed by atoms with van der Waals surface area (Å²) in [5, 5.41) is 4.64. The Balaban J connectivity index is 1.28. The maximum Gasteiger partial charge on any atom is 0.416 e. The summed E-state index contributed by atoms with van der Waals surface area (Å²) in [7, 11) is 0. The third-order valence-electron chi connectivity index (χ3n) is 7.77. The predicted octanol–water partition coefficient (Wildman–Crippen LogP) is 4.61. The molecule has 1 amide bonds. The molecule has 5 rings (SSSR count). The monoisotopic (exact) mass is 518 g/mol. The number of hydrogen-bond acceptors (Lipinski definition) is 5. The molecule has 0 bridgehead atoms. The first-order valence-corrected chi connectivity index (χ1v) is 13.2. The predicted molar refractivity (Wildman–Crippen MR) is 130 cm³/mol. The molecule has 1 aromatic heterocycles. The molecular weight excluding hydrogens is 485 g/mol. The molecule has 37 heavy (non-hydrogen) atoms. The van der Waals surface area contributed by atoms with Crippen LogP contribution in [0.15, 0.2) is 30.5 Å². The number of likely N-dealkylation sites (tertiary alicyclic amines) is 2. The van der Waals surface area contributed by atoms with Crippen LogP contribution in [0.2, 0.25) is 0 Å². The Kier molecular flexibility index (Phi) is 7.29. The summed E-state index contributed by atoms with van der Waals surface area (Å²) in [4.78, 5) is 29.2. The molecule has 10 heteroatoms. The van der Waals surface area contributed by atoms with E-state index in [2.05, 4.69) is 10.00 Å². The van der Waals surface area contributed by atoms with Crippen LogP contribution in [0.1, 0.15) is 84.1 Å². The van der Waals surface area contributed by atoms with Gasteiger partial charge in [0.1, 0.15) is 0 Å². The van der Waals surface area contributed by atoms with Crippen molar-refractivity contribution in [1.29, 1.82) is 0 Å². The highest BCUT2D eigenvalue weighted by atomic mass is 19.4. The van der Waals surface area contributed by atoms with Gasteiger partial charge < -0.3 is 9.64 Å². The number of carbonyl (C=O) groups excluding carboxylic acids is 2. The number of benzene rings is 1. The Morgan fingerprint density at radius 1 is 1.03 bits per heavy atom. The van der Waals surface area contributed by atoms with E-state index in [0.717, 1.165) is 50.5 Å². The van der Waals surface area contributed by atoms with E-state index in [1.165, 1.54) is 12.1 Å². The van der Waals surface area contributed by atoms with Crippen molar-refractivity contribution in [2.45, 2.75) is 63.1 Å². The highest BCUT2D eigenvalue weighted by Gasteiger charge is 2.40. The number of esters is 1. The third kappa shape index (κ3) is 5.54. The van der Waals surface area contributed by atoms with Gasteiger partial charge in [0.2, 0.25) is 0 Å². The van der Waals surface area contributed by atoms with Crippen molar-refractivity contribution in [2.75, 3.05) is 39.3 Å². The number of ether oxygens (including phenoxy) is 1. The molecule has 2 saturated heterocycles. The first kappa shape index (κ1) is 25.8. The minimum Gasteiger partial charge on any atom is -0.465 e. The molecule has 1 aromatic carbocycles. The Bertz CT molecular complexity index is 1140. The lowest BCUT2D eigenvalue weighted by Crippen LogP contribution is -2.39. The van der Waals surface area contributed by atoms with Gasteiger partial charge in [-0.15, -0.1) is 0 Å². The molecule has 3 aliphatic rings. The number of piperidine rings is 1. The normalized spacial score (nSPS) is 21.4. The van der Waals surface area contributed by atoms with Crippen molar-refractivity contribution in [3.63, 3.8) is 0 Å². The Hall–Kier alpha value is -2.88. The molecule has 200 valence electrons. The number of rotatable bonds is 7. The Labute approximate surface area is 214 Å². The second-order valence-electron chi connectivity index (χ2n) is 10.3. The second kappa shape index (κ2) is 10.5. The van der Waals surface area contributed by atoms with Crippen LogP contribution in [0.4, 0.5) is 13.2 Å². The molecule has 3 heterocycles. The highest BCUT2D eigenvalue weighted by Crippen LogP contribution is 2.44. The standard InChI is InChI=1S/C27H33F3N4O3/c1-2-37-24(35)17-32-12-10-20(11-13-32)34-25(18-7-8-18)22(15-31-34)26(36)33-14-9-19(16-33)21-5-3-4-6-23(21)27(28,29)30/h3-6,15,18-20H,2,7-14,16-17H2,1H3. The summed E-state index contributed by atoms with van der Waals surface area (Å²) in [5.41, 5.74) is 1.20. The number of carbonyl (C=O) groups is 2. The number of alkyl halides is 3. The summed E-state index contributed by atoms with van der Waals surface area (Å²) in [6, 6.07) is 5.83. The summed E-state index contributed by atoms with van der Waals surface area (Å²) < 4.78 is 47.7. The maximum absolute atomic E-state index is 13.6. The van der Waals surface area contributed by atoms with Crippen LogP contribution in [-0.4, -0.2) is 70.8 Å². The molecule has 0 spiro atoms. The van der Waals surface area contributed by atoms with E-state index in [1.807, 2.05) is 4.68 Å². The van der Waals surface area contributed by atoms with E-state index in [0.29, 0.717) is 31.1 Å². The quantitative estimate of drug-likeness (QED) is 0.501. The van der Waals surface area contributed by atoms with Gasteiger partial charge in [-0.05, 0) is 50.7 Å². The lowest BCUT2D eigenvalue weighted by Gasteiger charge is -2.32. The fourth-order valence-corrected chi connectivity index (χ4v) is 5.78. The topological polar surface area (TPSA) is 67.7 Å². The van der Waals surface area contributed by atoms with E-state index in [-0.39, 0.29) is 42.5 Å². The van der Waals surface area contributed by atoms with Crippen LogP contribution in [0.25, 0.3) is 0 Å². The third-order valence-corrected chi connectivity index (χ3v) is 7.77. The average Bonchev–Trinajstić information content (AvgIpc) is 3.42. The van der Waals surface area contributed by atoms with Crippen LogP contribution in [-0.2, 0) is 15.7 Å². The number of halogens is 3. The number of nitrogens with zero attached hydrogens (tertiary/aromatic N) is 4. The van der Waals surface area contributed by atoms with Gasteiger partial charge in [0.15, 0.2) is 0 Å². The van der Waals surface area contributed by atoms with E-state index in [9.17, 15) is 22.8 Å². The van der Waals surface area contributed by atoms with Crippen LogP contribution in [0, 0.1) is 0 Å². The molecule has 2 aliphatic heterocycles. The van der Waals surface area contributed by atoms with Gasteiger partial charge in [-0.2, -0.15) is 18.3 Å². The highest BCUT2D eigenvalue weighted by molar-refractivity contribution is 5.95. The minimum atomic E-state index is -4.42. The lowest BCUT2D eigenvalue weighted by molar-refractivity contribution is -0.144. The zero-order chi connectivity index (χ0) is 26.2. The molecule has 2 aromatic rings. The van der Waals surface area contributed by atoms with Gasteiger partial charge in [-0.1, -0.05) is 18.2 Å². The smallest absolute Gasteiger partial charge is 0.416 e. The largest absolute Gasteiger partial charge is 0.465 e. The van der Waals surface area contributed by atoms with Gasteiger partial charge in [-0.25, -0.2) is 0 Å². The molecular formula is C27H33F3N4O3. The molecule has 3 fully saturated rings. The van der Waals surface area contributed by atoms with Gasteiger partial charge in [0.25, 0.3) is 5.91 Å². The van der Waals surface area contributed by atoms with Crippen LogP contribution >= 0.6 is 0 Å². The van der Waals surface area contributed by atoms with Gasteiger partial charge in [-0.3, -0.25) is 19.2 Å². The second-order valence-corrected chi connectivity index (χ2v) is 10.3. The minimum absolute atomic E-state index is 0.139. The fourth-order valence-electron chi connectivity index (χ4n) is 5.78. The van der Waals surface area contributed by atoms with Crippen LogP contribution in [0.3, 0.4) is 0 Å². The summed E-state index contributed by atoms with van der Waals surface area (Å²) in [6.45, 7) is 4.66. The summed E-state index contributed by atoms with van der Waals surface area (Å²) in [5.74, 6) is -0.401. The molecule has 1 atom stereocenters. The van der Waals surface area contributed by atoms with E-state index < -0.39 is 11.7 Å². The SMILES string of the molecule is CCOC(=O)CN1CCC(n2ncc(C(=O)N3CCC(c4ccccc4C(F)(F)F)C3)c2C2CC2)CC1. The van der Waals surface area contributed by atoms with Crippen molar-refractivity contribution >= 4 is 11.9 Å². The number of amides is 1. The van der Waals surface area contributed by atoms with Crippen LogP contribution in [0.5, 0.6) is 0 Å². The van der Waals surface area contributed by atoms with Gasteiger partial charge in [0.05, 0.1) is 42.2 Å². The first-order chi connectivity index (χ1) is 17.8. The molecule has 0 radical (unpaired) electrons. The molecule has 1 unspecified atom stereocenters. The molecule has 1 aliphatic carbocycles. The van der Waals surface area contributed by atoms with Gasteiger partial charge >= 0.3 is 12.1 Å². The zero-order valence-electron chi connectivity index (χ0n) is 21.0. The fraction of sp³-hybridized carbons (Fsp3) is 0.593. The Morgan fingerprint density at radius 2 is 1.76 bits per heavy atom. The van der Waals surface area contributed by atoms with Crippen molar-refractivity contribution in [1.82, 2.24) is 19.6 Å². The zero-order valence-corrected chi connectivity index (χ0v) is 21.0. The molecule has 7 nitrogen and oxygen atoms in total. The first-order valence-electron chi connectivity index (χ1n) is 13.2. The van der Waals surface area contributed by atoms with E-state index in [1.54, 1.807) is 24.1 Å². The van der Waals surface area contributed by atoms with Crippen molar-refractivity contribution in [3.8, 4) is 0 Å². The lowest BCUT2D eigenvalue weighted by atomic mass is 9.93. The molecule has 0 N–H and O–H groups in total. The summed E-state index contributed by atoms with van der Waals surface area (Å²) >= 11 is 0. The van der Waals surface area contributed by atoms with Crippen molar-refractivity contribution in [2.24, 2.45) is 0 Å². The van der Waals surface area contributed by atoms with Crippen molar-refractivity contribution < 1.29 is 27.5 Å². The maximum atomic E-state index is 13.6. The molecule has 1 saturated carbocycles. The number of aromatic nitrogens is 2.